The number of rotatable bonds is 3. The summed E-state index contributed by atoms with van der Waals surface area (Å²) >= 11 is 4.78. The number of alkyl halides is 1. The molecule has 4 nitrogen and oxygen atoms in total. The molecule has 6 heteroatoms. The van der Waals surface area contributed by atoms with Gasteiger partial charge in [0.25, 0.3) is 5.91 Å². The Morgan fingerprint density at radius 1 is 1.53 bits per heavy atom. The number of hydrogen-bond donors (Lipinski definition) is 1. The summed E-state index contributed by atoms with van der Waals surface area (Å²) in [4.78, 5) is 13.2. The van der Waals surface area contributed by atoms with Gasteiger partial charge in [-0.15, -0.1) is 5.10 Å². The van der Waals surface area contributed by atoms with Crippen molar-refractivity contribution in [1.82, 2.24) is 14.9 Å². The zero-order valence-corrected chi connectivity index (χ0v) is 12.3. The Hall–Kier alpha value is -0.490. The second-order valence-electron chi connectivity index (χ2n) is 4.67. The number of carbonyl (C=O) groups is 1. The van der Waals surface area contributed by atoms with Crippen molar-refractivity contribution in [2.75, 3.05) is 0 Å². The average Bonchev–Trinajstić information content (AvgIpc) is 2.87. The fourth-order valence-corrected chi connectivity index (χ4v) is 3.49. The molecular weight excluding hydrogens is 302 g/mol. The lowest BCUT2D eigenvalue weighted by Gasteiger charge is -2.15. The van der Waals surface area contributed by atoms with Crippen LogP contribution in [0.15, 0.2) is 0 Å². The van der Waals surface area contributed by atoms with Crippen LogP contribution in [-0.2, 0) is 0 Å². The van der Waals surface area contributed by atoms with Crippen LogP contribution in [0.1, 0.15) is 54.4 Å². The molecule has 2 atom stereocenters. The number of nitrogens with zero attached hydrogens (tertiary/aromatic N) is 2. The van der Waals surface area contributed by atoms with Gasteiger partial charge in [-0.1, -0.05) is 40.7 Å². The Balaban J connectivity index is 2.06. The third-order valence-corrected chi connectivity index (χ3v) is 4.85. The molecule has 1 N–H and O–H groups in total. The van der Waals surface area contributed by atoms with Crippen molar-refractivity contribution in [1.29, 1.82) is 0 Å². The highest BCUT2D eigenvalue weighted by Crippen LogP contribution is 2.26. The van der Waals surface area contributed by atoms with Crippen LogP contribution in [0, 0.1) is 0 Å². The molecule has 0 aliphatic heterocycles. The largest absolute Gasteiger partial charge is 0.347 e. The Morgan fingerprint density at radius 3 is 2.88 bits per heavy atom. The molecule has 0 spiro atoms. The van der Waals surface area contributed by atoms with E-state index in [2.05, 4.69) is 30.8 Å². The Bertz CT molecular complexity index is 407. The maximum atomic E-state index is 12.1. The molecule has 0 aromatic carbocycles. The first-order valence-corrected chi connectivity index (χ1v) is 7.55. The van der Waals surface area contributed by atoms with E-state index in [4.69, 9.17) is 0 Å². The van der Waals surface area contributed by atoms with Crippen LogP contribution in [-0.4, -0.2) is 26.4 Å². The quantitative estimate of drug-likeness (QED) is 0.872. The maximum Gasteiger partial charge on any atom is 0.265 e. The van der Waals surface area contributed by atoms with E-state index in [1.807, 2.05) is 13.8 Å². The van der Waals surface area contributed by atoms with Crippen molar-refractivity contribution in [2.24, 2.45) is 0 Å². The van der Waals surface area contributed by atoms with E-state index in [0.29, 0.717) is 9.70 Å². The normalized spacial score (nSPS) is 24.2. The van der Waals surface area contributed by atoms with Crippen molar-refractivity contribution >= 4 is 33.4 Å². The van der Waals surface area contributed by atoms with Gasteiger partial charge in [0, 0.05) is 10.9 Å². The Kier molecular flexibility index (Phi) is 4.14. The number of carbonyl (C=O) groups excluding carboxylic acids is 1. The molecule has 17 heavy (non-hydrogen) atoms. The number of aromatic nitrogens is 2. The average molecular weight is 318 g/mol. The molecule has 1 amide bonds. The summed E-state index contributed by atoms with van der Waals surface area (Å²) in [7, 11) is 0. The van der Waals surface area contributed by atoms with Gasteiger partial charge in [0.15, 0.2) is 0 Å². The molecule has 0 bridgehead atoms. The van der Waals surface area contributed by atoms with Gasteiger partial charge in [0.2, 0.25) is 0 Å². The van der Waals surface area contributed by atoms with Gasteiger partial charge in [-0.25, -0.2) is 0 Å². The number of hydrogen-bond acceptors (Lipinski definition) is 4. The third-order valence-electron chi connectivity index (χ3n) is 3.01. The number of halogens is 1. The monoisotopic (exact) mass is 317 g/mol. The summed E-state index contributed by atoms with van der Waals surface area (Å²) in [5, 5.41) is 7.10. The Morgan fingerprint density at radius 2 is 2.29 bits per heavy atom. The first kappa shape index (κ1) is 13.0. The highest BCUT2D eigenvalue weighted by molar-refractivity contribution is 9.09. The summed E-state index contributed by atoms with van der Waals surface area (Å²) in [6.07, 6.45) is 3.34. The smallest absolute Gasteiger partial charge is 0.265 e. The van der Waals surface area contributed by atoms with Gasteiger partial charge in [-0.2, -0.15) is 0 Å². The molecule has 1 aliphatic carbocycles. The van der Waals surface area contributed by atoms with Crippen LogP contribution < -0.4 is 5.32 Å². The van der Waals surface area contributed by atoms with Crippen molar-refractivity contribution in [3.63, 3.8) is 0 Å². The molecule has 1 aromatic rings. The molecule has 0 saturated heterocycles. The maximum absolute atomic E-state index is 12.1. The second kappa shape index (κ2) is 5.44. The van der Waals surface area contributed by atoms with Crippen molar-refractivity contribution in [3.05, 3.63) is 10.6 Å². The molecule has 1 fully saturated rings. The van der Waals surface area contributed by atoms with E-state index in [0.717, 1.165) is 18.5 Å². The highest BCUT2D eigenvalue weighted by atomic mass is 79.9. The van der Waals surface area contributed by atoms with Gasteiger partial charge in [-0.3, -0.25) is 4.79 Å². The zero-order valence-electron chi connectivity index (χ0n) is 9.94. The van der Waals surface area contributed by atoms with Crippen molar-refractivity contribution < 1.29 is 4.79 Å². The second-order valence-corrected chi connectivity index (χ2v) is 6.60. The summed E-state index contributed by atoms with van der Waals surface area (Å²) in [5.74, 6) is 0.206. The topological polar surface area (TPSA) is 54.9 Å². The third kappa shape index (κ3) is 2.85. The van der Waals surface area contributed by atoms with Crippen LogP contribution in [0.4, 0.5) is 0 Å². The van der Waals surface area contributed by atoms with Crippen molar-refractivity contribution in [3.8, 4) is 0 Å². The van der Waals surface area contributed by atoms with Crippen LogP contribution in [0.3, 0.4) is 0 Å². The van der Waals surface area contributed by atoms with Gasteiger partial charge >= 0.3 is 0 Å². The minimum absolute atomic E-state index is 0.0277. The zero-order chi connectivity index (χ0) is 12.4. The van der Waals surface area contributed by atoms with Crippen LogP contribution in [0.5, 0.6) is 0 Å². The standard InChI is InChI=1S/C11H16BrN3OS/c1-6(2)9-10(17-15-14-9)11(16)13-8-5-3-4-7(8)12/h6-8H,3-5H2,1-2H3,(H,13,16). The fourth-order valence-electron chi connectivity index (χ4n) is 2.04. The highest BCUT2D eigenvalue weighted by Gasteiger charge is 2.28. The lowest BCUT2D eigenvalue weighted by atomic mass is 10.1. The minimum atomic E-state index is -0.0277. The van der Waals surface area contributed by atoms with E-state index < -0.39 is 0 Å². The Labute approximate surface area is 113 Å². The summed E-state index contributed by atoms with van der Waals surface area (Å²) in [6.45, 7) is 4.05. The molecule has 1 aromatic heterocycles. The van der Waals surface area contributed by atoms with E-state index in [1.54, 1.807) is 0 Å². The molecular formula is C11H16BrN3OS. The van der Waals surface area contributed by atoms with Gasteiger partial charge in [0.05, 0.1) is 5.69 Å². The van der Waals surface area contributed by atoms with E-state index in [9.17, 15) is 4.79 Å². The van der Waals surface area contributed by atoms with Gasteiger partial charge in [-0.05, 0) is 30.3 Å². The first-order valence-electron chi connectivity index (χ1n) is 5.86. The van der Waals surface area contributed by atoms with Crippen LogP contribution >= 0.6 is 27.5 Å². The molecule has 1 saturated carbocycles. The van der Waals surface area contributed by atoms with E-state index in [-0.39, 0.29) is 17.9 Å². The first-order chi connectivity index (χ1) is 8.09. The summed E-state index contributed by atoms with van der Waals surface area (Å²) in [5.41, 5.74) is 0.802. The van der Waals surface area contributed by atoms with E-state index in [1.165, 1.54) is 18.0 Å². The summed E-state index contributed by atoms with van der Waals surface area (Å²) < 4.78 is 3.88. The lowest BCUT2D eigenvalue weighted by Crippen LogP contribution is -2.37. The van der Waals surface area contributed by atoms with Crippen LogP contribution in [0.2, 0.25) is 0 Å². The molecule has 1 aliphatic rings. The molecule has 1 heterocycles. The fraction of sp³-hybridized carbons (Fsp3) is 0.727. The molecule has 0 radical (unpaired) electrons. The predicted molar refractivity (Wildman–Crippen MR) is 71.8 cm³/mol. The predicted octanol–water partition coefficient (Wildman–Crippen LogP) is 2.71. The SMILES string of the molecule is CC(C)c1nnsc1C(=O)NC1CCCC1Br. The van der Waals surface area contributed by atoms with Gasteiger partial charge < -0.3 is 5.32 Å². The van der Waals surface area contributed by atoms with Crippen molar-refractivity contribution in [2.45, 2.75) is 49.9 Å². The van der Waals surface area contributed by atoms with Crippen LogP contribution in [0.25, 0.3) is 0 Å². The lowest BCUT2D eigenvalue weighted by molar-refractivity contribution is 0.0941. The number of nitrogens with one attached hydrogen (secondary N) is 1. The molecule has 94 valence electrons. The summed E-state index contributed by atoms with van der Waals surface area (Å²) in [6, 6.07) is 0.240. The van der Waals surface area contributed by atoms with Gasteiger partial charge in [0.1, 0.15) is 4.88 Å². The number of amides is 1. The van der Waals surface area contributed by atoms with E-state index >= 15 is 0 Å². The minimum Gasteiger partial charge on any atom is -0.347 e. The molecule has 2 unspecified atom stereocenters. The molecule has 2 rings (SSSR count).